The van der Waals surface area contributed by atoms with E-state index in [-0.39, 0.29) is 0 Å². The molecular weight excluding hydrogens is 152 g/mol. The third kappa shape index (κ3) is 0.546. The van der Waals surface area contributed by atoms with Crippen LogP contribution in [0.25, 0.3) is 0 Å². The molecule has 0 aromatic carbocycles. The summed E-state index contributed by atoms with van der Waals surface area (Å²) in [5, 5.41) is 0.759. The molecule has 0 spiro atoms. The highest BCUT2D eigenvalue weighted by molar-refractivity contribution is 7.81. The van der Waals surface area contributed by atoms with Gasteiger partial charge in [-0.2, -0.15) is 12.6 Å². The Bertz CT molecular complexity index is 201. The van der Waals surface area contributed by atoms with Crippen LogP contribution >= 0.6 is 12.6 Å². The quantitative estimate of drug-likeness (QED) is 0.528. The first kappa shape index (κ1) is 6.82. The van der Waals surface area contributed by atoms with Crippen LogP contribution in [0.15, 0.2) is 0 Å². The van der Waals surface area contributed by atoms with Crippen LogP contribution in [0, 0.1) is 23.2 Å². The van der Waals surface area contributed by atoms with Crippen molar-refractivity contribution in [2.75, 3.05) is 0 Å². The van der Waals surface area contributed by atoms with Gasteiger partial charge in [0.2, 0.25) is 0 Å². The average Bonchev–Trinajstić information content (AvgIpc) is 2.35. The summed E-state index contributed by atoms with van der Waals surface area (Å²) < 4.78 is 0. The van der Waals surface area contributed by atoms with Gasteiger partial charge in [-0.25, -0.2) is 0 Å². The number of hydrogen-bond donors (Lipinski definition) is 1. The van der Waals surface area contributed by atoms with Gasteiger partial charge in [-0.1, -0.05) is 6.92 Å². The van der Waals surface area contributed by atoms with Crippen molar-refractivity contribution < 1.29 is 0 Å². The van der Waals surface area contributed by atoms with Crippen molar-refractivity contribution in [3.8, 4) is 0 Å². The Morgan fingerprint density at radius 2 is 2.18 bits per heavy atom. The van der Waals surface area contributed by atoms with Gasteiger partial charge in [-0.15, -0.1) is 0 Å². The molecule has 0 amide bonds. The lowest BCUT2D eigenvalue weighted by Crippen LogP contribution is -2.48. The van der Waals surface area contributed by atoms with E-state index in [1.165, 1.54) is 25.7 Å². The van der Waals surface area contributed by atoms with E-state index in [2.05, 4.69) is 6.92 Å². The molecule has 1 heteroatoms. The summed E-state index contributed by atoms with van der Waals surface area (Å²) in [4.78, 5) is 0. The number of rotatable bonds is 0. The molecule has 3 rings (SSSR count). The van der Waals surface area contributed by atoms with Gasteiger partial charge < -0.3 is 0 Å². The number of hydrogen-bond acceptors (Lipinski definition) is 1. The van der Waals surface area contributed by atoms with Gasteiger partial charge in [0.25, 0.3) is 0 Å². The molecule has 3 fully saturated rings. The van der Waals surface area contributed by atoms with Gasteiger partial charge in [-0.3, -0.25) is 0 Å². The van der Waals surface area contributed by atoms with Crippen LogP contribution in [0.5, 0.6) is 0 Å². The summed E-state index contributed by atoms with van der Waals surface area (Å²) >= 11 is 4.71. The van der Waals surface area contributed by atoms with Gasteiger partial charge >= 0.3 is 0 Å². The maximum atomic E-state index is 4.71. The van der Waals surface area contributed by atoms with Crippen molar-refractivity contribution in [3.05, 3.63) is 0 Å². The fourth-order valence-electron chi connectivity index (χ4n) is 4.28. The zero-order chi connectivity index (χ0) is 7.64. The Morgan fingerprint density at radius 1 is 1.36 bits per heavy atom. The largest absolute Gasteiger partial charge is 0.175 e. The average molecular weight is 168 g/mol. The Labute approximate surface area is 74.2 Å². The molecule has 0 nitrogen and oxygen atoms in total. The van der Waals surface area contributed by atoms with Crippen LogP contribution in [-0.4, -0.2) is 5.25 Å². The predicted octanol–water partition coefficient (Wildman–Crippen LogP) is 2.74. The Balaban J connectivity index is 2.02. The van der Waals surface area contributed by atoms with E-state index in [0.717, 1.165) is 28.4 Å². The van der Waals surface area contributed by atoms with E-state index in [9.17, 15) is 0 Å². The highest BCUT2D eigenvalue weighted by atomic mass is 32.1. The van der Waals surface area contributed by atoms with Crippen molar-refractivity contribution in [1.29, 1.82) is 0 Å². The molecule has 11 heavy (non-hydrogen) atoms. The Hall–Kier alpha value is 0.350. The first-order valence-electron chi connectivity index (χ1n) is 4.93. The van der Waals surface area contributed by atoms with E-state index in [1.807, 2.05) is 0 Å². The Kier molecular flexibility index (Phi) is 1.12. The molecule has 3 aliphatic rings. The summed E-state index contributed by atoms with van der Waals surface area (Å²) in [6.07, 6.45) is 5.96. The monoisotopic (exact) mass is 168 g/mol. The standard InChI is InChI=1S/C10H16S/c1-6-4-7-2-3-10(6)8(7)5-9(10)11/h6-9,11H,2-5H2,1H3. The molecule has 0 aromatic heterocycles. The molecule has 0 N–H and O–H groups in total. The molecular formula is C10H16S. The topological polar surface area (TPSA) is 0 Å². The van der Waals surface area contributed by atoms with Crippen molar-refractivity contribution in [1.82, 2.24) is 0 Å². The fourth-order valence-corrected chi connectivity index (χ4v) is 5.08. The van der Waals surface area contributed by atoms with Crippen LogP contribution in [0.1, 0.15) is 32.6 Å². The van der Waals surface area contributed by atoms with Gasteiger partial charge in [0.05, 0.1) is 0 Å². The molecule has 0 radical (unpaired) electrons. The van der Waals surface area contributed by atoms with E-state index in [1.54, 1.807) is 0 Å². The summed E-state index contributed by atoms with van der Waals surface area (Å²) in [5.74, 6) is 3.19. The molecule has 3 saturated carbocycles. The van der Waals surface area contributed by atoms with Crippen LogP contribution < -0.4 is 0 Å². The van der Waals surface area contributed by atoms with Crippen molar-refractivity contribution in [2.24, 2.45) is 23.2 Å². The van der Waals surface area contributed by atoms with E-state index in [0.29, 0.717) is 0 Å². The maximum Gasteiger partial charge on any atom is 0.00815 e. The SMILES string of the molecule is CC1CC2CCC13C(S)CC23. The van der Waals surface area contributed by atoms with Crippen LogP contribution in [0.3, 0.4) is 0 Å². The molecule has 0 saturated heterocycles. The summed E-state index contributed by atoms with van der Waals surface area (Å²) in [6, 6.07) is 0. The fraction of sp³-hybridized carbons (Fsp3) is 1.00. The third-order valence-electron chi connectivity index (χ3n) is 4.88. The summed E-state index contributed by atoms with van der Waals surface area (Å²) in [7, 11) is 0. The van der Waals surface area contributed by atoms with Crippen LogP contribution in [-0.2, 0) is 0 Å². The first-order chi connectivity index (χ1) is 5.25. The molecule has 5 atom stereocenters. The lowest BCUT2D eigenvalue weighted by atomic mass is 9.59. The van der Waals surface area contributed by atoms with Gasteiger partial charge in [0, 0.05) is 5.25 Å². The van der Waals surface area contributed by atoms with Crippen molar-refractivity contribution in [2.45, 2.75) is 37.9 Å². The van der Waals surface area contributed by atoms with Crippen LogP contribution in [0.2, 0.25) is 0 Å². The minimum absolute atomic E-state index is 0.730. The molecule has 62 valence electrons. The first-order valence-corrected chi connectivity index (χ1v) is 5.45. The highest BCUT2D eigenvalue weighted by Gasteiger charge is 2.66. The minimum atomic E-state index is 0.730. The van der Waals surface area contributed by atoms with E-state index < -0.39 is 0 Å². The molecule has 0 heterocycles. The Morgan fingerprint density at radius 3 is 2.64 bits per heavy atom. The lowest BCUT2D eigenvalue weighted by Gasteiger charge is -2.51. The smallest absolute Gasteiger partial charge is 0.00815 e. The van der Waals surface area contributed by atoms with Gasteiger partial charge in [0.1, 0.15) is 0 Å². The predicted molar refractivity (Wildman–Crippen MR) is 49.8 cm³/mol. The second-order valence-electron chi connectivity index (χ2n) is 4.91. The summed E-state index contributed by atoms with van der Waals surface area (Å²) in [6.45, 7) is 2.45. The second kappa shape index (κ2) is 1.81. The normalized spacial score (nSPS) is 66.0. The van der Waals surface area contributed by atoms with Gasteiger partial charge in [0.15, 0.2) is 0 Å². The maximum absolute atomic E-state index is 4.71. The molecule has 0 aromatic rings. The van der Waals surface area contributed by atoms with Crippen LogP contribution in [0.4, 0.5) is 0 Å². The molecule has 5 unspecified atom stereocenters. The van der Waals surface area contributed by atoms with Crippen molar-refractivity contribution >= 4 is 12.6 Å². The van der Waals surface area contributed by atoms with E-state index in [4.69, 9.17) is 12.6 Å². The third-order valence-corrected chi connectivity index (χ3v) is 5.57. The zero-order valence-electron chi connectivity index (χ0n) is 7.09. The van der Waals surface area contributed by atoms with E-state index >= 15 is 0 Å². The van der Waals surface area contributed by atoms with Crippen molar-refractivity contribution in [3.63, 3.8) is 0 Å². The minimum Gasteiger partial charge on any atom is -0.175 e. The van der Waals surface area contributed by atoms with Gasteiger partial charge in [-0.05, 0) is 48.9 Å². The molecule has 2 bridgehead atoms. The lowest BCUT2D eigenvalue weighted by molar-refractivity contribution is 0.0546. The number of thiol groups is 1. The molecule has 3 aliphatic carbocycles. The summed E-state index contributed by atoms with van der Waals surface area (Å²) in [5.41, 5.74) is 0.730. The molecule has 0 aliphatic heterocycles. The zero-order valence-corrected chi connectivity index (χ0v) is 7.98. The highest BCUT2D eigenvalue weighted by Crippen LogP contribution is 2.72. The second-order valence-corrected chi connectivity index (χ2v) is 5.53.